The second-order valence-corrected chi connectivity index (χ2v) is 7.86. The fourth-order valence-electron chi connectivity index (χ4n) is 4.30. The van der Waals surface area contributed by atoms with Gasteiger partial charge in [-0.2, -0.15) is 10.2 Å². The van der Waals surface area contributed by atoms with Crippen molar-refractivity contribution in [3.8, 4) is 34.7 Å². The van der Waals surface area contributed by atoms with Crippen LogP contribution in [0.25, 0.3) is 33.7 Å². The fourth-order valence-corrected chi connectivity index (χ4v) is 4.30. The number of carboxylic acids is 1. The second-order valence-electron chi connectivity index (χ2n) is 7.86. The molecule has 0 radical (unpaired) electrons. The molecule has 0 amide bonds. The summed E-state index contributed by atoms with van der Waals surface area (Å²) < 4.78 is 48.8. The monoisotopic (exact) mass is 468 g/mol. The van der Waals surface area contributed by atoms with Crippen molar-refractivity contribution in [1.82, 2.24) is 14.7 Å². The lowest BCUT2D eigenvalue weighted by atomic mass is 10.1. The number of hydrogen-bond acceptors (Lipinski definition) is 6. The Morgan fingerprint density at radius 3 is 2.76 bits per heavy atom. The zero-order valence-corrected chi connectivity index (χ0v) is 17.3. The molecule has 4 aromatic rings. The molecule has 8 nitrogen and oxygen atoms in total. The molecule has 172 valence electrons. The summed E-state index contributed by atoms with van der Waals surface area (Å²) in [6.07, 6.45) is -3.35. The molecule has 0 saturated heterocycles. The van der Waals surface area contributed by atoms with E-state index in [1.54, 1.807) is 12.1 Å². The smallest absolute Gasteiger partial charge is 0.481 e. The first-order valence-electron chi connectivity index (χ1n) is 10.2. The van der Waals surface area contributed by atoms with Crippen LogP contribution in [0.5, 0.6) is 5.75 Å². The third-order valence-corrected chi connectivity index (χ3v) is 5.69. The summed E-state index contributed by atoms with van der Waals surface area (Å²) in [7, 11) is 0. The molecule has 0 aliphatic carbocycles. The number of aromatic nitrogens is 3. The number of alkyl halides is 3. The Hall–Kier alpha value is -4.33. The summed E-state index contributed by atoms with van der Waals surface area (Å²) in [5.41, 5.74) is 2.49. The molecule has 2 aromatic heterocycles. The Bertz CT molecular complexity index is 1470. The van der Waals surface area contributed by atoms with Gasteiger partial charge in [0, 0.05) is 28.4 Å². The minimum atomic E-state index is -4.92. The van der Waals surface area contributed by atoms with Gasteiger partial charge in [0.25, 0.3) is 5.89 Å². The normalized spacial score (nSPS) is 15.3. The number of rotatable bonds is 5. The number of nitriles is 1. The first kappa shape index (κ1) is 21.5. The maximum absolute atomic E-state index is 12.5. The zero-order valence-electron chi connectivity index (χ0n) is 17.3. The number of fused-ring (bicyclic) bond motifs is 3. The van der Waals surface area contributed by atoms with Crippen LogP contribution >= 0.6 is 0 Å². The van der Waals surface area contributed by atoms with Crippen LogP contribution in [0.1, 0.15) is 30.1 Å². The number of hydrogen-bond donors (Lipinski definition) is 1. The van der Waals surface area contributed by atoms with Gasteiger partial charge in [0.15, 0.2) is 0 Å². The summed E-state index contributed by atoms with van der Waals surface area (Å²) >= 11 is 0. The minimum absolute atomic E-state index is 0.0225. The Kier molecular flexibility index (Phi) is 5.01. The molecular weight excluding hydrogens is 453 g/mol. The number of aryl methyl sites for hydroxylation is 1. The number of benzene rings is 2. The highest BCUT2D eigenvalue weighted by atomic mass is 19.4. The van der Waals surface area contributed by atoms with Crippen molar-refractivity contribution in [2.45, 2.75) is 31.7 Å². The van der Waals surface area contributed by atoms with E-state index in [1.165, 1.54) is 12.1 Å². The topological polar surface area (TPSA) is 114 Å². The number of nitrogens with zero attached hydrogens (tertiary/aromatic N) is 4. The fraction of sp³-hybridized carbons (Fsp3) is 0.217. The van der Waals surface area contributed by atoms with Gasteiger partial charge in [0.2, 0.25) is 5.82 Å². The third-order valence-electron chi connectivity index (χ3n) is 5.69. The molecule has 2 aromatic carbocycles. The van der Waals surface area contributed by atoms with E-state index < -0.39 is 18.1 Å². The molecule has 0 bridgehead atoms. The van der Waals surface area contributed by atoms with Crippen LogP contribution in [0.15, 0.2) is 47.0 Å². The van der Waals surface area contributed by atoms with Crippen molar-refractivity contribution in [1.29, 1.82) is 5.26 Å². The third kappa shape index (κ3) is 3.94. The average molecular weight is 468 g/mol. The van der Waals surface area contributed by atoms with Gasteiger partial charge < -0.3 is 18.9 Å². The standard InChI is InChI=1S/C23H15F3N4O4/c24-23(25,26)33-19-6-3-14(7-15(19)11-27)22-28-21(29-34-22)13-2-1-12-8-16-4-5-17(10-20(31)32)30(16)18(12)9-13/h1-3,6-9,17H,4-5,10H2,(H,31,32). The maximum atomic E-state index is 12.5. The molecule has 0 saturated carbocycles. The number of ether oxygens (including phenoxy) is 1. The second kappa shape index (κ2) is 7.91. The molecule has 1 aliphatic rings. The molecule has 1 unspecified atom stereocenters. The van der Waals surface area contributed by atoms with E-state index >= 15 is 0 Å². The van der Waals surface area contributed by atoms with Crippen LogP contribution in [0.4, 0.5) is 13.2 Å². The highest BCUT2D eigenvalue weighted by Gasteiger charge is 2.32. The van der Waals surface area contributed by atoms with Crippen LogP contribution in [-0.4, -0.2) is 32.1 Å². The molecule has 5 rings (SSSR count). The lowest BCUT2D eigenvalue weighted by molar-refractivity contribution is -0.274. The van der Waals surface area contributed by atoms with E-state index in [0.29, 0.717) is 5.56 Å². The number of halogens is 3. The summed E-state index contributed by atoms with van der Waals surface area (Å²) in [6, 6.07) is 12.6. The Balaban J connectivity index is 1.48. The van der Waals surface area contributed by atoms with E-state index in [9.17, 15) is 28.3 Å². The van der Waals surface area contributed by atoms with Gasteiger partial charge in [-0.05, 0) is 48.6 Å². The highest BCUT2D eigenvalue weighted by molar-refractivity contribution is 5.86. The number of aliphatic carboxylic acids is 1. The number of carboxylic acid groups (broad SMARTS) is 1. The molecule has 3 heterocycles. The van der Waals surface area contributed by atoms with E-state index in [4.69, 9.17) is 4.52 Å². The predicted octanol–water partition coefficient (Wildman–Crippen LogP) is 5.09. The maximum Gasteiger partial charge on any atom is 0.573 e. The minimum Gasteiger partial charge on any atom is -0.481 e. The largest absolute Gasteiger partial charge is 0.573 e. The Morgan fingerprint density at radius 1 is 1.24 bits per heavy atom. The molecule has 1 atom stereocenters. The van der Waals surface area contributed by atoms with Crippen molar-refractivity contribution in [3.63, 3.8) is 0 Å². The van der Waals surface area contributed by atoms with Crippen molar-refractivity contribution in [2.75, 3.05) is 0 Å². The van der Waals surface area contributed by atoms with Gasteiger partial charge >= 0.3 is 12.3 Å². The van der Waals surface area contributed by atoms with E-state index in [1.807, 2.05) is 22.8 Å². The summed E-state index contributed by atoms with van der Waals surface area (Å²) in [6.45, 7) is 0. The lowest BCUT2D eigenvalue weighted by Gasteiger charge is -2.13. The molecule has 0 fully saturated rings. The molecule has 0 spiro atoms. The van der Waals surface area contributed by atoms with Gasteiger partial charge in [-0.25, -0.2) is 0 Å². The van der Waals surface area contributed by atoms with Gasteiger partial charge in [0.1, 0.15) is 11.8 Å². The van der Waals surface area contributed by atoms with E-state index in [-0.39, 0.29) is 35.3 Å². The van der Waals surface area contributed by atoms with E-state index in [0.717, 1.165) is 35.5 Å². The van der Waals surface area contributed by atoms with Crippen molar-refractivity contribution in [3.05, 3.63) is 53.7 Å². The molecular formula is C23H15F3N4O4. The van der Waals surface area contributed by atoms with Crippen molar-refractivity contribution >= 4 is 16.9 Å². The quantitative estimate of drug-likeness (QED) is 0.434. The van der Waals surface area contributed by atoms with Crippen LogP contribution < -0.4 is 4.74 Å². The first-order chi connectivity index (χ1) is 16.2. The molecule has 34 heavy (non-hydrogen) atoms. The molecule has 1 N–H and O–H groups in total. The lowest BCUT2D eigenvalue weighted by Crippen LogP contribution is -2.17. The molecule has 1 aliphatic heterocycles. The van der Waals surface area contributed by atoms with Gasteiger partial charge in [-0.3, -0.25) is 4.79 Å². The first-order valence-corrected chi connectivity index (χ1v) is 10.2. The van der Waals surface area contributed by atoms with Crippen LogP contribution in [0.3, 0.4) is 0 Å². The summed E-state index contributed by atoms with van der Waals surface area (Å²) in [5.74, 6) is -1.22. The van der Waals surface area contributed by atoms with Gasteiger partial charge in [-0.15, -0.1) is 13.2 Å². The van der Waals surface area contributed by atoms with Gasteiger partial charge in [0.05, 0.1) is 12.0 Å². The highest BCUT2D eigenvalue weighted by Crippen LogP contribution is 2.37. The SMILES string of the molecule is N#Cc1cc(-c2nc(-c3ccc4cc5n(c4c3)C(CC(=O)O)CC5)no2)ccc1OC(F)(F)F. The van der Waals surface area contributed by atoms with Crippen molar-refractivity contribution < 1.29 is 32.3 Å². The van der Waals surface area contributed by atoms with Gasteiger partial charge in [-0.1, -0.05) is 17.3 Å². The predicted molar refractivity (Wildman–Crippen MR) is 112 cm³/mol. The zero-order chi connectivity index (χ0) is 24.0. The van der Waals surface area contributed by atoms with Crippen LogP contribution in [0.2, 0.25) is 0 Å². The molecule has 11 heteroatoms. The number of carbonyl (C=O) groups is 1. The summed E-state index contributed by atoms with van der Waals surface area (Å²) in [5, 5.41) is 23.4. The average Bonchev–Trinajstić information content (AvgIpc) is 3.48. The van der Waals surface area contributed by atoms with Crippen LogP contribution in [-0.2, 0) is 11.2 Å². The summed E-state index contributed by atoms with van der Waals surface area (Å²) in [4.78, 5) is 15.6. The Labute approximate surface area is 189 Å². The van der Waals surface area contributed by atoms with E-state index in [2.05, 4.69) is 14.9 Å². The Morgan fingerprint density at radius 2 is 2.03 bits per heavy atom. The van der Waals surface area contributed by atoms with Crippen molar-refractivity contribution in [2.24, 2.45) is 0 Å². The van der Waals surface area contributed by atoms with Crippen LogP contribution in [0, 0.1) is 11.3 Å².